The first-order chi connectivity index (χ1) is 23.1. The van der Waals surface area contributed by atoms with Crippen LogP contribution in [0, 0.1) is 17.8 Å². The van der Waals surface area contributed by atoms with Crippen LogP contribution >= 0.6 is 0 Å². The number of nitrogens with one attached hydrogen (secondary N) is 2. The van der Waals surface area contributed by atoms with Gasteiger partial charge in [0.05, 0.1) is 41.7 Å². The molecule has 49 heavy (non-hydrogen) atoms. The molecule has 2 aromatic heterocycles. The second-order valence-corrected chi connectivity index (χ2v) is 13.5. The predicted octanol–water partition coefficient (Wildman–Crippen LogP) is 5.75. The fraction of sp³-hybridized carbons (Fsp3) is 0.432. The van der Waals surface area contributed by atoms with Crippen LogP contribution in [0.15, 0.2) is 43.1 Å². The van der Waals surface area contributed by atoms with Gasteiger partial charge in [0.15, 0.2) is 5.82 Å². The van der Waals surface area contributed by atoms with Crippen LogP contribution in [0.4, 0.5) is 34.5 Å². The van der Waals surface area contributed by atoms with Gasteiger partial charge in [-0.25, -0.2) is 14.8 Å². The number of carbonyl (C=O) groups is 2. The van der Waals surface area contributed by atoms with Crippen LogP contribution < -0.4 is 25.2 Å². The third-order valence-corrected chi connectivity index (χ3v) is 7.74. The van der Waals surface area contributed by atoms with E-state index in [2.05, 4.69) is 52.8 Å². The molecule has 0 spiro atoms. The first-order valence-electron chi connectivity index (χ1n) is 16.3. The Labute approximate surface area is 289 Å². The highest BCUT2D eigenvalue weighted by Crippen LogP contribution is 2.44. The molecular weight excluding hydrogens is 620 g/mol. The van der Waals surface area contributed by atoms with E-state index in [0.29, 0.717) is 41.7 Å². The van der Waals surface area contributed by atoms with Gasteiger partial charge in [0.2, 0.25) is 11.9 Å². The second-order valence-electron chi connectivity index (χ2n) is 13.5. The van der Waals surface area contributed by atoms with Gasteiger partial charge in [0, 0.05) is 50.3 Å². The van der Waals surface area contributed by atoms with Crippen molar-refractivity contribution in [3.63, 3.8) is 0 Å². The number of fused-ring (bicyclic) bond motifs is 1. The van der Waals surface area contributed by atoms with Crippen LogP contribution in [0.5, 0.6) is 5.75 Å². The van der Waals surface area contributed by atoms with E-state index in [-0.39, 0.29) is 34.9 Å². The van der Waals surface area contributed by atoms with E-state index < -0.39 is 5.97 Å². The third kappa shape index (κ3) is 8.86. The number of esters is 1. The maximum atomic E-state index is 13.4. The number of pyridine rings is 1. The molecule has 0 radical (unpaired) electrons. The van der Waals surface area contributed by atoms with Crippen molar-refractivity contribution in [1.82, 2.24) is 19.9 Å². The molecule has 0 atom stereocenters. The molecule has 0 bridgehead atoms. The normalized spacial score (nSPS) is 13.1. The number of rotatable bonds is 12. The highest BCUT2D eigenvalue weighted by Gasteiger charge is 2.40. The van der Waals surface area contributed by atoms with Crippen LogP contribution in [-0.2, 0) is 14.9 Å². The summed E-state index contributed by atoms with van der Waals surface area (Å²) in [5.41, 5.74) is 4.02. The molecule has 1 amide bonds. The average Bonchev–Trinajstić information content (AvgIpc) is 3.31. The summed E-state index contributed by atoms with van der Waals surface area (Å²) in [5.74, 6) is 6.77. The minimum atomic E-state index is -0.535. The minimum absolute atomic E-state index is 0.211. The van der Waals surface area contributed by atoms with Crippen molar-refractivity contribution >= 4 is 46.4 Å². The molecule has 260 valence electrons. The Hall–Kier alpha value is -5.15. The first-order valence-corrected chi connectivity index (χ1v) is 16.3. The van der Waals surface area contributed by atoms with Crippen molar-refractivity contribution in [3.05, 3.63) is 60.1 Å². The molecule has 1 aliphatic heterocycles. The van der Waals surface area contributed by atoms with Crippen LogP contribution in [0.2, 0.25) is 0 Å². The maximum Gasteiger partial charge on any atom is 0.343 e. The summed E-state index contributed by atoms with van der Waals surface area (Å²) in [6, 6.07) is 7.47. The highest BCUT2D eigenvalue weighted by molar-refractivity contribution is 6.02. The van der Waals surface area contributed by atoms with E-state index in [1.807, 2.05) is 63.0 Å². The number of ether oxygens (including phenoxy) is 2. The zero-order chi connectivity index (χ0) is 36.0. The summed E-state index contributed by atoms with van der Waals surface area (Å²) in [6.07, 6.45) is 2.34. The summed E-state index contributed by atoms with van der Waals surface area (Å²) in [7, 11) is 7.52. The van der Waals surface area contributed by atoms with E-state index in [9.17, 15) is 9.59 Å². The van der Waals surface area contributed by atoms with E-state index in [4.69, 9.17) is 19.4 Å². The van der Waals surface area contributed by atoms with Crippen LogP contribution in [-0.4, -0.2) is 85.7 Å². The lowest BCUT2D eigenvalue weighted by Crippen LogP contribution is -2.29. The van der Waals surface area contributed by atoms with Gasteiger partial charge in [-0.1, -0.05) is 40.2 Å². The minimum Gasteiger partial charge on any atom is -0.494 e. The monoisotopic (exact) mass is 668 g/mol. The molecule has 3 aromatic rings. The molecule has 12 nitrogen and oxygen atoms in total. The lowest BCUT2D eigenvalue weighted by Gasteiger charge is -2.26. The molecule has 0 saturated carbocycles. The van der Waals surface area contributed by atoms with Gasteiger partial charge in [-0.2, -0.15) is 4.98 Å². The fourth-order valence-electron chi connectivity index (χ4n) is 5.29. The number of amides is 1. The van der Waals surface area contributed by atoms with E-state index in [1.165, 1.54) is 12.3 Å². The van der Waals surface area contributed by atoms with Crippen molar-refractivity contribution in [1.29, 1.82) is 0 Å². The van der Waals surface area contributed by atoms with Crippen molar-refractivity contribution in [2.24, 2.45) is 5.92 Å². The summed E-state index contributed by atoms with van der Waals surface area (Å²) >= 11 is 0. The largest absolute Gasteiger partial charge is 0.494 e. The number of aromatic nitrogens is 3. The van der Waals surface area contributed by atoms with Gasteiger partial charge in [0.25, 0.3) is 0 Å². The Morgan fingerprint density at radius 3 is 2.47 bits per heavy atom. The molecule has 2 N–H and O–H groups in total. The van der Waals surface area contributed by atoms with Crippen molar-refractivity contribution < 1.29 is 19.1 Å². The van der Waals surface area contributed by atoms with Gasteiger partial charge in [-0.3, -0.25) is 4.79 Å². The maximum absolute atomic E-state index is 13.4. The zero-order valence-corrected chi connectivity index (χ0v) is 30.3. The topological polar surface area (TPSA) is 125 Å². The number of hydrogen-bond acceptors (Lipinski definition) is 11. The van der Waals surface area contributed by atoms with Gasteiger partial charge < -0.3 is 34.8 Å². The summed E-state index contributed by atoms with van der Waals surface area (Å²) in [5, 5.41) is 6.17. The number of likely N-dealkylation sites (N-methyl/N-ethyl adjacent to an activating group) is 2. The van der Waals surface area contributed by atoms with Gasteiger partial charge in [0.1, 0.15) is 17.0 Å². The molecule has 0 fully saturated rings. The van der Waals surface area contributed by atoms with Crippen molar-refractivity contribution in [2.75, 3.05) is 68.3 Å². The fourth-order valence-corrected chi connectivity index (χ4v) is 5.29. The Kier molecular flexibility index (Phi) is 11.5. The Bertz CT molecular complexity index is 1770. The molecule has 1 aliphatic rings. The van der Waals surface area contributed by atoms with Gasteiger partial charge in [-0.05, 0) is 58.1 Å². The molecule has 12 heteroatoms. The number of benzene rings is 1. The standard InChI is InChI=1S/C37H48N8O4/c1-12-32(46)40-27-19-28(31(48-11)20-30(27)44(10)18-17-43(8)9)41-36-38-21-26(35(47)49-24(4)5)34(42-36)45-22-37(6,7)33-29(45)16-15-25(39-33)14-13-23(2)3/h12,15-16,19-21,23-24H,1,17-18,22H2,2-11H3,(H,40,46)(H,38,41,42). The molecule has 4 rings (SSSR count). The number of anilines is 6. The Morgan fingerprint density at radius 2 is 1.84 bits per heavy atom. The SMILES string of the molecule is C=CC(=O)Nc1cc(Nc2ncc(C(=O)OC(C)C)c(N3CC(C)(C)c4nc(C#CC(C)C)ccc43)n2)c(OC)cc1N(C)CCN(C)C. The van der Waals surface area contributed by atoms with E-state index >= 15 is 0 Å². The number of carbonyl (C=O) groups excluding carboxylic acids is 2. The van der Waals surface area contributed by atoms with E-state index in [0.717, 1.165) is 23.6 Å². The molecule has 0 unspecified atom stereocenters. The second kappa shape index (κ2) is 15.4. The van der Waals surface area contributed by atoms with Crippen LogP contribution in [0.3, 0.4) is 0 Å². The number of methoxy groups -OCH3 is 1. The number of hydrogen-bond donors (Lipinski definition) is 2. The molecule has 3 heterocycles. The summed E-state index contributed by atoms with van der Waals surface area (Å²) < 4.78 is 11.4. The summed E-state index contributed by atoms with van der Waals surface area (Å²) in [6.45, 7) is 17.5. The molecular formula is C37H48N8O4. The van der Waals surface area contributed by atoms with Crippen LogP contribution in [0.1, 0.15) is 63.3 Å². The number of nitrogens with zero attached hydrogens (tertiary/aromatic N) is 6. The first kappa shape index (κ1) is 36.7. The average molecular weight is 669 g/mol. The Morgan fingerprint density at radius 1 is 1.10 bits per heavy atom. The lowest BCUT2D eigenvalue weighted by molar-refractivity contribution is -0.111. The Balaban J connectivity index is 1.81. The molecule has 1 aromatic carbocycles. The molecule has 0 aliphatic carbocycles. The third-order valence-electron chi connectivity index (χ3n) is 7.74. The molecule has 0 saturated heterocycles. The highest BCUT2D eigenvalue weighted by atomic mass is 16.5. The quantitative estimate of drug-likeness (QED) is 0.139. The van der Waals surface area contributed by atoms with Crippen molar-refractivity contribution in [2.45, 2.75) is 53.1 Å². The zero-order valence-electron chi connectivity index (χ0n) is 30.3. The predicted molar refractivity (Wildman–Crippen MR) is 195 cm³/mol. The van der Waals surface area contributed by atoms with Gasteiger partial charge in [-0.15, -0.1) is 0 Å². The van der Waals surface area contributed by atoms with Crippen molar-refractivity contribution in [3.8, 4) is 17.6 Å². The lowest BCUT2D eigenvalue weighted by atomic mass is 9.91. The van der Waals surface area contributed by atoms with Gasteiger partial charge >= 0.3 is 5.97 Å². The smallest absolute Gasteiger partial charge is 0.343 e. The summed E-state index contributed by atoms with van der Waals surface area (Å²) in [4.78, 5) is 46.3. The van der Waals surface area contributed by atoms with E-state index in [1.54, 1.807) is 27.0 Å². The van der Waals surface area contributed by atoms with Crippen LogP contribution in [0.25, 0.3) is 0 Å².